The zero-order chi connectivity index (χ0) is 20.4. The van der Waals surface area contributed by atoms with Gasteiger partial charge in [-0.15, -0.1) is 0 Å². The van der Waals surface area contributed by atoms with Crippen molar-refractivity contribution in [1.29, 1.82) is 0 Å². The van der Waals surface area contributed by atoms with Crippen LogP contribution in [0.3, 0.4) is 0 Å². The van der Waals surface area contributed by atoms with E-state index in [2.05, 4.69) is 4.98 Å². The van der Waals surface area contributed by atoms with Crippen LogP contribution in [0.25, 0.3) is 0 Å². The van der Waals surface area contributed by atoms with Crippen molar-refractivity contribution in [3.05, 3.63) is 89.7 Å². The lowest BCUT2D eigenvalue weighted by atomic mass is 10.1. The number of hydrogen-bond donors (Lipinski definition) is 0. The second-order valence-corrected chi connectivity index (χ2v) is 8.74. The maximum absolute atomic E-state index is 13.5. The molecular weight excluding hydrogens is 388 g/mol. The third-order valence-corrected chi connectivity index (χ3v) is 6.68. The Bertz CT molecular complexity index is 1130. The predicted octanol–water partition coefficient (Wildman–Crippen LogP) is 3.22. The van der Waals surface area contributed by atoms with E-state index in [9.17, 15) is 13.2 Å². The summed E-state index contributed by atoms with van der Waals surface area (Å²) in [7, 11) is -4.10. The van der Waals surface area contributed by atoms with Crippen molar-refractivity contribution in [3.63, 3.8) is 0 Å². The maximum atomic E-state index is 13.5. The Kier molecular flexibility index (Phi) is 5.07. The summed E-state index contributed by atoms with van der Waals surface area (Å²) in [6.45, 7) is 1.92. The number of amides is 1. The lowest BCUT2D eigenvalue weighted by Gasteiger charge is -2.28. The zero-order valence-electron chi connectivity index (χ0n) is 15.9. The molecule has 1 aliphatic heterocycles. The molecule has 2 heterocycles. The molecule has 1 aromatic heterocycles. The molecule has 0 aliphatic carbocycles. The van der Waals surface area contributed by atoms with Gasteiger partial charge in [-0.2, -0.15) is 0 Å². The summed E-state index contributed by atoms with van der Waals surface area (Å²) in [5, 5.41) is 0. The number of aromatic nitrogens is 1. The average molecular weight is 408 g/mol. The summed E-state index contributed by atoms with van der Waals surface area (Å²) >= 11 is 0. The Hall–Kier alpha value is -3.19. The molecule has 4 rings (SSSR count). The molecule has 0 saturated heterocycles. The molecule has 3 aromatic rings. The first-order valence-electron chi connectivity index (χ1n) is 9.24. The number of nitrogens with zero attached hydrogens (tertiary/aromatic N) is 2. The van der Waals surface area contributed by atoms with Gasteiger partial charge in [-0.25, -0.2) is 17.7 Å². The largest absolute Gasteiger partial charge is 0.489 e. The van der Waals surface area contributed by atoms with Crippen LogP contribution in [0.15, 0.2) is 77.8 Å². The SMILES string of the molecule is Cc1ccc(S(=O)(=O)N2C(=O)c3ncccc3OCC2Cc2ccccc2)cc1. The highest BCUT2D eigenvalue weighted by atomic mass is 32.2. The summed E-state index contributed by atoms with van der Waals surface area (Å²) in [6.07, 6.45) is 1.79. The first kappa shape index (κ1) is 19.1. The van der Waals surface area contributed by atoms with Crippen molar-refractivity contribution in [2.45, 2.75) is 24.3 Å². The molecule has 0 N–H and O–H groups in total. The molecule has 0 bridgehead atoms. The van der Waals surface area contributed by atoms with Crippen LogP contribution >= 0.6 is 0 Å². The molecule has 1 unspecified atom stereocenters. The van der Waals surface area contributed by atoms with Crippen LogP contribution in [0, 0.1) is 6.92 Å². The number of hydrogen-bond acceptors (Lipinski definition) is 5. The Morgan fingerprint density at radius 3 is 2.48 bits per heavy atom. The highest BCUT2D eigenvalue weighted by Crippen LogP contribution is 2.29. The minimum Gasteiger partial charge on any atom is -0.489 e. The fourth-order valence-corrected chi connectivity index (χ4v) is 4.89. The highest BCUT2D eigenvalue weighted by molar-refractivity contribution is 7.89. The van der Waals surface area contributed by atoms with Gasteiger partial charge in [-0.3, -0.25) is 4.79 Å². The van der Waals surface area contributed by atoms with E-state index in [4.69, 9.17) is 4.74 Å². The molecule has 0 spiro atoms. The number of pyridine rings is 1. The van der Waals surface area contributed by atoms with E-state index in [1.165, 1.54) is 18.3 Å². The second-order valence-electron chi connectivity index (χ2n) is 6.92. The van der Waals surface area contributed by atoms with E-state index in [1.807, 2.05) is 37.3 Å². The highest BCUT2D eigenvalue weighted by Gasteiger charge is 2.40. The number of ether oxygens (including phenoxy) is 1. The Balaban J connectivity index is 1.81. The van der Waals surface area contributed by atoms with Gasteiger partial charge in [-0.05, 0) is 43.2 Å². The van der Waals surface area contributed by atoms with Crippen molar-refractivity contribution in [2.75, 3.05) is 6.61 Å². The van der Waals surface area contributed by atoms with Crippen LogP contribution in [0.5, 0.6) is 5.75 Å². The smallest absolute Gasteiger partial charge is 0.290 e. The van der Waals surface area contributed by atoms with Crippen LogP contribution in [0.4, 0.5) is 0 Å². The van der Waals surface area contributed by atoms with E-state index in [0.717, 1.165) is 15.4 Å². The van der Waals surface area contributed by atoms with Gasteiger partial charge >= 0.3 is 0 Å². The first-order valence-corrected chi connectivity index (χ1v) is 10.7. The topological polar surface area (TPSA) is 76.6 Å². The molecule has 1 amide bonds. The van der Waals surface area contributed by atoms with Gasteiger partial charge in [0.15, 0.2) is 11.4 Å². The molecule has 148 valence electrons. The third-order valence-electron chi connectivity index (χ3n) is 4.83. The van der Waals surface area contributed by atoms with Crippen molar-refractivity contribution >= 4 is 15.9 Å². The number of fused-ring (bicyclic) bond motifs is 1. The van der Waals surface area contributed by atoms with Gasteiger partial charge < -0.3 is 4.74 Å². The Morgan fingerprint density at radius 1 is 1.03 bits per heavy atom. The summed E-state index contributed by atoms with van der Waals surface area (Å²) < 4.78 is 33.7. The van der Waals surface area contributed by atoms with Crippen molar-refractivity contribution < 1.29 is 17.9 Å². The van der Waals surface area contributed by atoms with Crippen molar-refractivity contribution in [3.8, 4) is 5.75 Å². The number of aryl methyl sites for hydroxylation is 1. The number of carbonyl (C=O) groups is 1. The minimum atomic E-state index is -4.10. The van der Waals surface area contributed by atoms with Crippen LogP contribution < -0.4 is 4.74 Å². The minimum absolute atomic E-state index is 0.00116. The van der Waals surface area contributed by atoms with Gasteiger partial charge in [0.1, 0.15) is 6.61 Å². The van der Waals surface area contributed by atoms with Gasteiger partial charge in [0.2, 0.25) is 0 Å². The fraction of sp³-hybridized carbons (Fsp3) is 0.182. The van der Waals surface area contributed by atoms with Gasteiger partial charge in [0.05, 0.1) is 10.9 Å². The van der Waals surface area contributed by atoms with E-state index in [0.29, 0.717) is 6.42 Å². The Labute approximate surface area is 169 Å². The molecule has 0 saturated carbocycles. The molecule has 2 aromatic carbocycles. The summed E-state index contributed by atoms with van der Waals surface area (Å²) in [5.41, 5.74) is 1.85. The molecular formula is C22H20N2O4S. The monoisotopic (exact) mass is 408 g/mol. The van der Waals surface area contributed by atoms with E-state index in [-0.39, 0.29) is 22.9 Å². The molecule has 6 nitrogen and oxygen atoms in total. The number of carbonyl (C=O) groups excluding carboxylic acids is 1. The Morgan fingerprint density at radius 2 is 1.76 bits per heavy atom. The molecule has 7 heteroatoms. The number of sulfonamides is 1. The van der Waals surface area contributed by atoms with Crippen LogP contribution in [-0.4, -0.2) is 36.3 Å². The van der Waals surface area contributed by atoms with Gasteiger partial charge in [0.25, 0.3) is 15.9 Å². The van der Waals surface area contributed by atoms with E-state index < -0.39 is 22.0 Å². The molecule has 1 aliphatic rings. The summed E-state index contributed by atoms with van der Waals surface area (Å²) in [6, 6.07) is 18.5. The summed E-state index contributed by atoms with van der Waals surface area (Å²) in [4.78, 5) is 17.5. The van der Waals surface area contributed by atoms with E-state index in [1.54, 1.807) is 24.3 Å². The normalized spacial score (nSPS) is 16.7. The van der Waals surface area contributed by atoms with Crippen LogP contribution in [-0.2, 0) is 16.4 Å². The molecule has 1 atom stereocenters. The molecule has 0 radical (unpaired) electrons. The predicted molar refractivity (Wildman–Crippen MR) is 108 cm³/mol. The zero-order valence-corrected chi connectivity index (χ0v) is 16.7. The third kappa shape index (κ3) is 3.73. The first-order chi connectivity index (χ1) is 14.0. The number of benzene rings is 2. The van der Waals surface area contributed by atoms with Crippen molar-refractivity contribution in [2.24, 2.45) is 0 Å². The van der Waals surface area contributed by atoms with Crippen molar-refractivity contribution in [1.82, 2.24) is 9.29 Å². The van der Waals surface area contributed by atoms with Crippen LogP contribution in [0.1, 0.15) is 21.6 Å². The number of rotatable bonds is 4. The average Bonchev–Trinajstić information content (AvgIpc) is 2.86. The molecule has 0 fully saturated rings. The standard InChI is InChI=1S/C22H20N2O4S/c1-16-9-11-19(12-10-16)29(26,27)24-18(14-17-6-3-2-4-7-17)15-28-20-8-5-13-23-21(20)22(24)25/h2-13,18H,14-15H2,1H3. The van der Waals surface area contributed by atoms with Gasteiger partial charge in [-0.1, -0.05) is 48.0 Å². The second kappa shape index (κ2) is 7.67. The molecule has 29 heavy (non-hydrogen) atoms. The lowest BCUT2D eigenvalue weighted by molar-refractivity contribution is 0.0809. The lowest BCUT2D eigenvalue weighted by Crippen LogP contribution is -2.47. The van der Waals surface area contributed by atoms with Crippen LogP contribution in [0.2, 0.25) is 0 Å². The maximum Gasteiger partial charge on any atom is 0.290 e. The summed E-state index contributed by atoms with van der Waals surface area (Å²) in [5.74, 6) is -0.392. The quantitative estimate of drug-likeness (QED) is 0.662. The van der Waals surface area contributed by atoms with E-state index >= 15 is 0 Å². The fourth-order valence-electron chi connectivity index (χ4n) is 3.35. The van der Waals surface area contributed by atoms with Gasteiger partial charge in [0, 0.05) is 6.20 Å².